The molecule has 1 aromatic carbocycles. The molecule has 5 nitrogen and oxygen atoms in total. The summed E-state index contributed by atoms with van der Waals surface area (Å²) >= 11 is 0. The Labute approximate surface area is 118 Å². The summed E-state index contributed by atoms with van der Waals surface area (Å²) in [6.07, 6.45) is 0.310. The normalized spacial score (nSPS) is 16.2. The topological polar surface area (TPSA) is 55.8 Å². The zero-order chi connectivity index (χ0) is 14.5. The van der Waals surface area contributed by atoms with Gasteiger partial charge < -0.3 is 14.4 Å². The van der Waals surface area contributed by atoms with Gasteiger partial charge in [-0.15, -0.1) is 0 Å². The van der Waals surface area contributed by atoms with Crippen molar-refractivity contribution in [3.8, 4) is 5.75 Å². The first-order valence-electron chi connectivity index (χ1n) is 6.75. The van der Waals surface area contributed by atoms with Crippen LogP contribution in [0, 0.1) is 0 Å². The fourth-order valence-electron chi connectivity index (χ4n) is 2.28. The SMILES string of the molecule is CCN(CCC(=O)OC)C(=O)C1Cc2ccccc2O1. The van der Waals surface area contributed by atoms with E-state index in [0.717, 1.165) is 11.3 Å². The largest absolute Gasteiger partial charge is 0.480 e. The van der Waals surface area contributed by atoms with Gasteiger partial charge in [0.2, 0.25) is 0 Å². The van der Waals surface area contributed by atoms with Crippen LogP contribution in [-0.4, -0.2) is 43.1 Å². The van der Waals surface area contributed by atoms with Gasteiger partial charge in [-0.1, -0.05) is 18.2 Å². The van der Waals surface area contributed by atoms with Gasteiger partial charge in [-0.05, 0) is 18.6 Å². The second-order valence-corrected chi connectivity index (χ2v) is 4.66. The van der Waals surface area contributed by atoms with E-state index in [9.17, 15) is 9.59 Å². The van der Waals surface area contributed by atoms with Crippen LogP contribution in [0.3, 0.4) is 0 Å². The van der Waals surface area contributed by atoms with Crippen molar-refractivity contribution >= 4 is 11.9 Å². The maximum Gasteiger partial charge on any atom is 0.307 e. The maximum atomic E-state index is 12.4. The van der Waals surface area contributed by atoms with E-state index in [1.54, 1.807) is 4.90 Å². The van der Waals surface area contributed by atoms with Crippen LogP contribution in [0.5, 0.6) is 5.75 Å². The molecule has 20 heavy (non-hydrogen) atoms. The number of fused-ring (bicyclic) bond motifs is 1. The molecule has 0 saturated heterocycles. The molecule has 1 unspecified atom stereocenters. The highest BCUT2D eigenvalue weighted by molar-refractivity contribution is 5.83. The van der Waals surface area contributed by atoms with E-state index in [-0.39, 0.29) is 18.3 Å². The second kappa shape index (κ2) is 6.41. The number of carbonyl (C=O) groups is 2. The van der Waals surface area contributed by atoms with Gasteiger partial charge in [-0.3, -0.25) is 9.59 Å². The highest BCUT2D eigenvalue weighted by Crippen LogP contribution is 2.28. The first kappa shape index (κ1) is 14.4. The molecule has 108 valence electrons. The molecule has 0 aromatic heterocycles. The third-order valence-electron chi connectivity index (χ3n) is 3.43. The minimum atomic E-state index is -0.481. The van der Waals surface area contributed by atoms with Crippen molar-refractivity contribution in [2.75, 3.05) is 20.2 Å². The molecule has 1 aromatic rings. The fourth-order valence-corrected chi connectivity index (χ4v) is 2.28. The number of likely N-dealkylation sites (N-methyl/N-ethyl adjacent to an activating group) is 1. The number of nitrogens with zero attached hydrogens (tertiary/aromatic N) is 1. The second-order valence-electron chi connectivity index (χ2n) is 4.66. The average molecular weight is 277 g/mol. The number of amides is 1. The number of carbonyl (C=O) groups excluding carboxylic acids is 2. The number of ether oxygens (including phenoxy) is 2. The average Bonchev–Trinajstić information content (AvgIpc) is 2.91. The molecule has 0 fully saturated rings. The van der Waals surface area contributed by atoms with E-state index in [1.807, 2.05) is 31.2 Å². The van der Waals surface area contributed by atoms with Gasteiger partial charge in [0.1, 0.15) is 5.75 Å². The monoisotopic (exact) mass is 277 g/mol. The Morgan fingerprint density at radius 1 is 1.40 bits per heavy atom. The number of para-hydroxylation sites is 1. The van der Waals surface area contributed by atoms with E-state index < -0.39 is 6.10 Å². The molecule has 0 aliphatic carbocycles. The number of esters is 1. The van der Waals surface area contributed by atoms with Crippen molar-refractivity contribution in [2.45, 2.75) is 25.9 Å². The molecule has 0 saturated carbocycles. The van der Waals surface area contributed by atoms with Crippen LogP contribution < -0.4 is 4.74 Å². The summed E-state index contributed by atoms with van der Waals surface area (Å²) in [6, 6.07) is 7.66. The van der Waals surface area contributed by atoms with Crippen molar-refractivity contribution in [2.24, 2.45) is 0 Å². The van der Waals surface area contributed by atoms with Crippen LogP contribution in [-0.2, 0) is 20.7 Å². The lowest BCUT2D eigenvalue weighted by Crippen LogP contribution is -2.42. The fraction of sp³-hybridized carbons (Fsp3) is 0.467. The van der Waals surface area contributed by atoms with Gasteiger partial charge in [0.05, 0.1) is 13.5 Å². The minimum absolute atomic E-state index is 0.0763. The Bertz CT molecular complexity index is 475. The maximum absolute atomic E-state index is 12.4. The third kappa shape index (κ3) is 3.10. The van der Waals surface area contributed by atoms with Gasteiger partial charge in [-0.2, -0.15) is 0 Å². The zero-order valence-corrected chi connectivity index (χ0v) is 11.8. The van der Waals surface area contributed by atoms with Crippen LogP contribution in [0.1, 0.15) is 18.9 Å². The van der Waals surface area contributed by atoms with E-state index in [4.69, 9.17) is 4.74 Å². The van der Waals surface area contributed by atoms with Gasteiger partial charge in [0.25, 0.3) is 5.91 Å². The predicted octanol–water partition coefficient (Wildman–Crippen LogP) is 1.40. The smallest absolute Gasteiger partial charge is 0.307 e. The van der Waals surface area contributed by atoms with E-state index in [1.165, 1.54) is 7.11 Å². The molecular formula is C15H19NO4. The molecule has 1 aliphatic heterocycles. The lowest BCUT2D eigenvalue weighted by atomic mass is 10.1. The van der Waals surface area contributed by atoms with Crippen LogP contribution in [0.15, 0.2) is 24.3 Å². The summed E-state index contributed by atoms with van der Waals surface area (Å²) in [5.41, 5.74) is 1.05. The standard InChI is InChI=1S/C15H19NO4/c1-3-16(9-8-14(17)19-2)15(18)13-10-11-6-4-5-7-12(11)20-13/h4-7,13H,3,8-10H2,1-2H3. The Morgan fingerprint density at radius 3 is 2.80 bits per heavy atom. The minimum Gasteiger partial charge on any atom is -0.480 e. The number of hydrogen-bond acceptors (Lipinski definition) is 4. The van der Waals surface area contributed by atoms with Gasteiger partial charge in [-0.25, -0.2) is 0 Å². The first-order chi connectivity index (χ1) is 9.65. The van der Waals surface area contributed by atoms with E-state index in [0.29, 0.717) is 19.5 Å². The van der Waals surface area contributed by atoms with Crippen molar-refractivity contribution in [3.05, 3.63) is 29.8 Å². The number of methoxy groups -OCH3 is 1. The molecule has 0 radical (unpaired) electrons. The quantitative estimate of drug-likeness (QED) is 0.763. The molecule has 0 bridgehead atoms. The highest BCUT2D eigenvalue weighted by Gasteiger charge is 2.31. The molecular weight excluding hydrogens is 258 g/mol. The zero-order valence-electron chi connectivity index (χ0n) is 11.8. The van der Waals surface area contributed by atoms with Crippen molar-refractivity contribution in [1.29, 1.82) is 0 Å². The Hall–Kier alpha value is -2.04. The summed E-state index contributed by atoms with van der Waals surface area (Å²) in [7, 11) is 1.34. The summed E-state index contributed by atoms with van der Waals surface area (Å²) in [6.45, 7) is 2.79. The van der Waals surface area contributed by atoms with E-state index >= 15 is 0 Å². The molecule has 1 heterocycles. The van der Waals surface area contributed by atoms with Crippen LogP contribution in [0.4, 0.5) is 0 Å². The molecule has 1 atom stereocenters. The molecule has 5 heteroatoms. The highest BCUT2D eigenvalue weighted by atomic mass is 16.5. The number of rotatable bonds is 5. The third-order valence-corrected chi connectivity index (χ3v) is 3.43. The Kier molecular flexibility index (Phi) is 4.61. The van der Waals surface area contributed by atoms with Gasteiger partial charge in [0.15, 0.2) is 6.10 Å². The van der Waals surface area contributed by atoms with Gasteiger partial charge >= 0.3 is 5.97 Å². The van der Waals surface area contributed by atoms with Crippen LogP contribution in [0.2, 0.25) is 0 Å². The van der Waals surface area contributed by atoms with E-state index in [2.05, 4.69) is 4.74 Å². The van der Waals surface area contributed by atoms with Crippen LogP contribution >= 0.6 is 0 Å². The summed E-state index contributed by atoms with van der Waals surface area (Å²) < 4.78 is 10.3. The number of hydrogen-bond donors (Lipinski definition) is 0. The predicted molar refractivity (Wildman–Crippen MR) is 73.4 cm³/mol. The Balaban J connectivity index is 1.95. The van der Waals surface area contributed by atoms with Gasteiger partial charge in [0, 0.05) is 19.5 Å². The van der Waals surface area contributed by atoms with Crippen molar-refractivity contribution in [3.63, 3.8) is 0 Å². The molecule has 1 aliphatic rings. The van der Waals surface area contributed by atoms with Crippen molar-refractivity contribution in [1.82, 2.24) is 4.90 Å². The summed E-state index contributed by atoms with van der Waals surface area (Å²) in [4.78, 5) is 25.2. The lowest BCUT2D eigenvalue weighted by Gasteiger charge is -2.23. The first-order valence-corrected chi connectivity index (χ1v) is 6.75. The lowest BCUT2D eigenvalue weighted by molar-refractivity contribution is -0.143. The Morgan fingerprint density at radius 2 is 2.15 bits per heavy atom. The van der Waals surface area contributed by atoms with Crippen molar-refractivity contribution < 1.29 is 19.1 Å². The molecule has 1 amide bonds. The summed E-state index contributed by atoms with van der Waals surface area (Å²) in [5.74, 6) is 0.384. The summed E-state index contributed by atoms with van der Waals surface area (Å²) in [5, 5.41) is 0. The molecule has 0 N–H and O–H groups in total. The van der Waals surface area contributed by atoms with Crippen LogP contribution in [0.25, 0.3) is 0 Å². The number of benzene rings is 1. The molecule has 0 spiro atoms. The molecule has 2 rings (SSSR count).